The number of rotatable bonds is 5. The van der Waals surface area contributed by atoms with Crippen LogP contribution in [0.15, 0.2) is 30.3 Å². The molecule has 1 nitrogen and oxygen atoms in total. The Kier molecular flexibility index (Phi) is 4.99. The van der Waals surface area contributed by atoms with Crippen LogP contribution in [0.3, 0.4) is 0 Å². The fourth-order valence-electron chi connectivity index (χ4n) is 1.45. The number of alkyl halides is 1. The Labute approximate surface area is 91.5 Å². The van der Waals surface area contributed by atoms with Crippen LogP contribution in [0.4, 0.5) is 0 Å². The minimum Gasteiger partial charge on any atom is -0.298 e. The van der Waals surface area contributed by atoms with Crippen molar-refractivity contribution in [2.75, 3.05) is 0 Å². The van der Waals surface area contributed by atoms with Gasteiger partial charge in [-0.05, 0) is 25.3 Å². The lowest BCUT2D eigenvalue weighted by Gasteiger charge is -2.17. The van der Waals surface area contributed by atoms with Crippen LogP contribution in [0.1, 0.15) is 25.8 Å². The van der Waals surface area contributed by atoms with Crippen molar-refractivity contribution in [1.29, 1.82) is 0 Å². The van der Waals surface area contributed by atoms with Crippen LogP contribution < -0.4 is 5.32 Å². The third kappa shape index (κ3) is 4.12. The van der Waals surface area contributed by atoms with Crippen LogP contribution in [0, 0.1) is 0 Å². The smallest absolute Gasteiger partial charge is 0.0824 e. The second-order valence-electron chi connectivity index (χ2n) is 3.63. The van der Waals surface area contributed by atoms with Crippen molar-refractivity contribution in [1.82, 2.24) is 5.32 Å². The van der Waals surface area contributed by atoms with Crippen LogP contribution in [0.25, 0.3) is 0 Å². The molecule has 0 aliphatic rings. The van der Waals surface area contributed by atoms with Crippen LogP contribution >= 0.6 is 11.6 Å². The molecule has 0 amide bonds. The Bertz CT molecular complexity index is 248. The van der Waals surface area contributed by atoms with Gasteiger partial charge in [0.15, 0.2) is 0 Å². The average molecular weight is 212 g/mol. The highest BCUT2D eigenvalue weighted by Gasteiger charge is 2.07. The Morgan fingerprint density at radius 3 is 2.50 bits per heavy atom. The minimum atomic E-state index is 0.0914. The monoisotopic (exact) mass is 211 g/mol. The summed E-state index contributed by atoms with van der Waals surface area (Å²) < 4.78 is 0. The number of hydrogen-bond donors (Lipinski definition) is 1. The molecule has 2 atom stereocenters. The summed E-state index contributed by atoms with van der Waals surface area (Å²) >= 11 is 6.02. The topological polar surface area (TPSA) is 12.0 Å². The van der Waals surface area contributed by atoms with Gasteiger partial charge < -0.3 is 0 Å². The Balaban J connectivity index is 2.37. The van der Waals surface area contributed by atoms with Crippen molar-refractivity contribution in [3.05, 3.63) is 35.9 Å². The van der Waals surface area contributed by atoms with E-state index < -0.39 is 0 Å². The summed E-state index contributed by atoms with van der Waals surface area (Å²) in [5.74, 6) is 0. The van der Waals surface area contributed by atoms with E-state index in [1.54, 1.807) is 0 Å². The Morgan fingerprint density at radius 2 is 1.93 bits per heavy atom. The van der Waals surface area contributed by atoms with Crippen molar-refractivity contribution in [2.24, 2.45) is 0 Å². The number of benzene rings is 1. The third-order valence-electron chi connectivity index (χ3n) is 2.21. The fourth-order valence-corrected chi connectivity index (χ4v) is 1.67. The summed E-state index contributed by atoms with van der Waals surface area (Å²) in [5.41, 5.74) is 1.45. The lowest BCUT2D eigenvalue weighted by atomic mass is 10.1. The molecule has 2 unspecified atom stereocenters. The number of halogens is 1. The summed E-state index contributed by atoms with van der Waals surface area (Å²) in [6.07, 6.45) is 1.99. The van der Waals surface area contributed by atoms with Crippen molar-refractivity contribution >= 4 is 11.6 Å². The minimum absolute atomic E-state index is 0.0914. The van der Waals surface area contributed by atoms with Crippen LogP contribution in [0.5, 0.6) is 0 Å². The largest absolute Gasteiger partial charge is 0.298 e. The molecule has 0 spiro atoms. The highest BCUT2D eigenvalue weighted by Crippen LogP contribution is 2.05. The van der Waals surface area contributed by atoms with Crippen LogP contribution in [-0.4, -0.2) is 11.5 Å². The summed E-state index contributed by atoms with van der Waals surface area (Å²) in [6.45, 7) is 4.25. The van der Waals surface area contributed by atoms with Gasteiger partial charge in [0.2, 0.25) is 0 Å². The first kappa shape index (κ1) is 11.5. The van der Waals surface area contributed by atoms with Gasteiger partial charge in [-0.2, -0.15) is 0 Å². The predicted molar refractivity (Wildman–Crippen MR) is 62.7 cm³/mol. The lowest BCUT2D eigenvalue weighted by Crippen LogP contribution is -2.33. The van der Waals surface area contributed by atoms with Gasteiger partial charge in [-0.25, -0.2) is 0 Å². The summed E-state index contributed by atoms with van der Waals surface area (Å²) in [5, 5.41) is 3.34. The standard InChI is InChI=1S/C12H18ClN/c1-3-12(13)14-10(2)9-11-7-5-4-6-8-11/h4-8,10,12,14H,3,9H2,1-2H3. The normalized spacial score (nSPS) is 15.1. The van der Waals surface area contributed by atoms with Crippen molar-refractivity contribution in [3.63, 3.8) is 0 Å². The zero-order valence-corrected chi connectivity index (χ0v) is 9.59. The van der Waals surface area contributed by atoms with E-state index in [1.807, 2.05) is 6.07 Å². The van der Waals surface area contributed by atoms with E-state index in [0.717, 1.165) is 12.8 Å². The molecule has 1 rings (SSSR count). The van der Waals surface area contributed by atoms with Crippen LogP contribution in [-0.2, 0) is 6.42 Å². The maximum Gasteiger partial charge on any atom is 0.0824 e. The molecule has 0 radical (unpaired) electrons. The first-order chi connectivity index (χ1) is 6.72. The molecule has 2 heteroatoms. The second-order valence-corrected chi connectivity index (χ2v) is 4.16. The van der Waals surface area contributed by atoms with Crippen molar-refractivity contribution < 1.29 is 0 Å². The first-order valence-electron chi connectivity index (χ1n) is 5.16. The predicted octanol–water partition coefficient (Wildman–Crippen LogP) is 3.18. The quantitative estimate of drug-likeness (QED) is 0.583. The Morgan fingerprint density at radius 1 is 1.29 bits per heavy atom. The molecule has 0 saturated heterocycles. The third-order valence-corrected chi connectivity index (χ3v) is 2.64. The van der Waals surface area contributed by atoms with E-state index in [0.29, 0.717) is 6.04 Å². The van der Waals surface area contributed by atoms with Gasteiger partial charge in [0, 0.05) is 6.04 Å². The molecule has 0 heterocycles. The number of nitrogens with one attached hydrogen (secondary N) is 1. The number of hydrogen-bond acceptors (Lipinski definition) is 1. The molecule has 0 saturated carbocycles. The van der Waals surface area contributed by atoms with Crippen molar-refractivity contribution in [3.8, 4) is 0 Å². The van der Waals surface area contributed by atoms with Gasteiger partial charge in [-0.3, -0.25) is 5.32 Å². The van der Waals surface area contributed by atoms with Gasteiger partial charge in [-0.1, -0.05) is 37.3 Å². The van der Waals surface area contributed by atoms with Gasteiger partial charge in [-0.15, -0.1) is 11.6 Å². The molecule has 0 fully saturated rings. The molecule has 0 aliphatic heterocycles. The fraction of sp³-hybridized carbons (Fsp3) is 0.500. The highest BCUT2D eigenvalue weighted by atomic mass is 35.5. The van der Waals surface area contributed by atoms with Gasteiger partial charge in [0.25, 0.3) is 0 Å². The molecular weight excluding hydrogens is 194 g/mol. The van der Waals surface area contributed by atoms with Gasteiger partial charge >= 0.3 is 0 Å². The molecule has 1 aromatic carbocycles. The van der Waals surface area contributed by atoms with E-state index in [-0.39, 0.29) is 5.50 Å². The maximum absolute atomic E-state index is 6.02. The summed E-state index contributed by atoms with van der Waals surface area (Å²) in [6, 6.07) is 10.9. The summed E-state index contributed by atoms with van der Waals surface area (Å²) in [4.78, 5) is 0. The molecular formula is C12H18ClN. The SMILES string of the molecule is CCC(Cl)NC(C)Cc1ccccc1. The zero-order chi connectivity index (χ0) is 10.4. The van der Waals surface area contributed by atoms with E-state index in [9.17, 15) is 0 Å². The molecule has 1 N–H and O–H groups in total. The van der Waals surface area contributed by atoms with Crippen molar-refractivity contribution in [2.45, 2.75) is 38.2 Å². The van der Waals surface area contributed by atoms with E-state index >= 15 is 0 Å². The van der Waals surface area contributed by atoms with Gasteiger partial charge in [0.1, 0.15) is 0 Å². The second kappa shape index (κ2) is 6.05. The highest BCUT2D eigenvalue weighted by molar-refractivity contribution is 6.20. The molecule has 78 valence electrons. The van der Waals surface area contributed by atoms with Gasteiger partial charge in [0.05, 0.1) is 5.50 Å². The molecule has 0 bridgehead atoms. The molecule has 0 aliphatic carbocycles. The Hall–Kier alpha value is -0.530. The summed E-state index contributed by atoms with van der Waals surface area (Å²) in [7, 11) is 0. The zero-order valence-electron chi connectivity index (χ0n) is 8.83. The first-order valence-corrected chi connectivity index (χ1v) is 5.60. The molecule has 0 aromatic heterocycles. The van der Waals surface area contributed by atoms with E-state index in [4.69, 9.17) is 11.6 Å². The lowest BCUT2D eigenvalue weighted by molar-refractivity contribution is 0.513. The van der Waals surface area contributed by atoms with E-state index in [1.165, 1.54) is 5.56 Å². The molecule has 1 aromatic rings. The van der Waals surface area contributed by atoms with E-state index in [2.05, 4.69) is 43.4 Å². The molecule has 14 heavy (non-hydrogen) atoms. The maximum atomic E-state index is 6.02. The average Bonchev–Trinajstić information content (AvgIpc) is 2.19. The van der Waals surface area contributed by atoms with Crippen LogP contribution in [0.2, 0.25) is 0 Å².